The minimum Gasteiger partial charge on any atom is -0.480 e. The zero-order chi connectivity index (χ0) is 13.3. The van der Waals surface area contributed by atoms with Gasteiger partial charge in [0.15, 0.2) is 0 Å². The molecule has 0 radical (unpaired) electrons. The number of nitrogens with two attached hydrogens (primary N) is 1. The molecule has 0 bridgehead atoms. The number of carbonyl (C=O) groups is 1. The number of allylic oxidation sites excluding steroid dienone is 1. The maximum absolute atomic E-state index is 10.9. The number of carboxylic acids is 1. The second-order valence-corrected chi connectivity index (χ2v) is 5.44. The van der Waals surface area contributed by atoms with Gasteiger partial charge in [-0.15, -0.1) is 0 Å². The molecule has 8 heteroatoms. The van der Waals surface area contributed by atoms with E-state index < -0.39 is 27.1 Å². The molecule has 0 saturated carbocycles. The maximum Gasteiger partial charge on any atom is 0.320 e. The lowest BCUT2D eigenvalue weighted by Gasteiger charge is -2.23. The van der Waals surface area contributed by atoms with Crippen molar-refractivity contribution in [2.75, 3.05) is 0 Å². The minimum absolute atomic E-state index is 0.0212. The lowest BCUT2D eigenvalue weighted by Crippen LogP contribution is -2.37. The fraction of sp³-hybridized carbons (Fsp3) is 0.444. The summed E-state index contributed by atoms with van der Waals surface area (Å²) >= 11 is 0. The first-order valence-corrected chi connectivity index (χ1v) is 6.16. The van der Waals surface area contributed by atoms with Crippen LogP contribution in [0.5, 0.6) is 0 Å². The number of hydrogen-bond acceptors (Lipinski definition) is 5. The molecule has 0 saturated heterocycles. The van der Waals surface area contributed by atoms with Crippen molar-refractivity contribution in [3.05, 3.63) is 23.8 Å². The number of rotatable bonds is 4. The molecular weight excluding hydrogens is 250 g/mol. The second kappa shape index (κ2) is 4.57. The molecule has 96 valence electrons. The van der Waals surface area contributed by atoms with E-state index in [0.717, 1.165) is 6.08 Å². The molecule has 5 N–H and O–H groups in total. The molecule has 0 amide bonds. The summed E-state index contributed by atoms with van der Waals surface area (Å²) in [5.74, 6) is -1.17. The van der Waals surface area contributed by atoms with Gasteiger partial charge in [0, 0.05) is 6.42 Å². The first kappa shape index (κ1) is 13.8. The molecule has 1 aliphatic carbocycles. The summed E-state index contributed by atoms with van der Waals surface area (Å²) in [6, 6.07) is -1.09. The first-order chi connectivity index (χ1) is 7.66. The third-order valence-electron chi connectivity index (χ3n) is 2.43. The van der Waals surface area contributed by atoms with Gasteiger partial charge in [-0.25, -0.2) is 0 Å². The Morgan fingerprint density at radius 3 is 2.53 bits per heavy atom. The van der Waals surface area contributed by atoms with Gasteiger partial charge in [0.25, 0.3) is 10.1 Å². The number of carboxylic acid groups (broad SMARTS) is 1. The molecule has 0 fully saturated rings. The van der Waals surface area contributed by atoms with Crippen LogP contribution in [-0.4, -0.2) is 40.1 Å². The number of hydrogen-bond donors (Lipinski definition) is 4. The van der Waals surface area contributed by atoms with E-state index in [0.29, 0.717) is 5.57 Å². The van der Waals surface area contributed by atoms with Gasteiger partial charge in [-0.2, -0.15) is 8.42 Å². The summed E-state index contributed by atoms with van der Waals surface area (Å²) in [4.78, 5) is 8.15. The van der Waals surface area contributed by atoms with Crippen LogP contribution in [0, 0.1) is 0 Å². The minimum atomic E-state index is -4.62. The Bertz CT molecular complexity index is 480. The lowest BCUT2D eigenvalue weighted by atomic mass is 9.99. The van der Waals surface area contributed by atoms with E-state index in [1.807, 2.05) is 0 Å². The highest BCUT2D eigenvalue weighted by Crippen LogP contribution is 2.27. The Kier molecular flexibility index (Phi) is 3.72. The van der Waals surface area contributed by atoms with Gasteiger partial charge in [-0.1, -0.05) is 12.2 Å². The van der Waals surface area contributed by atoms with Crippen LogP contribution < -0.4 is 5.73 Å². The van der Waals surface area contributed by atoms with Gasteiger partial charge in [0.05, 0.1) is 0 Å². The monoisotopic (exact) mass is 263 g/mol. The van der Waals surface area contributed by atoms with Gasteiger partial charge >= 0.3 is 5.97 Å². The van der Waals surface area contributed by atoms with Crippen molar-refractivity contribution >= 4 is 16.1 Å². The molecule has 1 aliphatic rings. The number of aliphatic carboxylic acids is 1. The topological polar surface area (TPSA) is 138 Å². The van der Waals surface area contributed by atoms with Crippen LogP contribution in [0.4, 0.5) is 0 Å². The Morgan fingerprint density at radius 2 is 2.18 bits per heavy atom. The Hall–Kier alpha value is -1.22. The molecule has 0 spiro atoms. The molecule has 0 aromatic rings. The predicted octanol–water partition coefficient (Wildman–Crippen LogP) is -0.749. The van der Waals surface area contributed by atoms with Crippen molar-refractivity contribution in [1.82, 2.24) is 0 Å². The van der Waals surface area contributed by atoms with Crippen LogP contribution in [0.1, 0.15) is 12.8 Å². The van der Waals surface area contributed by atoms with Gasteiger partial charge in [-0.05, 0) is 18.1 Å². The highest BCUT2D eigenvalue weighted by molar-refractivity contribution is 7.87. The molecule has 1 rings (SSSR count). The quantitative estimate of drug-likeness (QED) is 0.489. The van der Waals surface area contributed by atoms with E-state index in [-0.39, 0.29) is 12.8 Å². The van der Waals surface area contributed by atoms with Crippen LogP contribution in [0.25, 0.3) is 0 Å². The smallest absolute Gasteiger partial charge is 0.320 e. The standard InChI is InChI=1S/C9H13NO6S/c10-7(8(11)12)5-6-1-3-9(13,4-2-6)17(14,15)16/h1-3,7,13H,4-5,10H2,(H,11,12)(H,14,15,16)/t7-,9?/m1/s1. The zero-order valence-corrected chi connectivity index (χ0v) is 9.59. The molecular formula is C9H13NO6S. The Labute approximate surface area is 98.0 Å². The molecule has 1 unspecified atom stereocenters. The van der Waals surface area contributed by atoms with Crippen LogP contribution in [0.15, 0.2) is 23.8 Å². The van der Waals surface area contributed by atoms with Crippen molar-refractivity contribution < 1.29 is 28.0 Å². The first-order valence-electron chi connectivity index (χ1n) is 4.72. The van der Waals surface area contributed by atoms with Gasteiger partial charge in [-0.3, -0.25) is 9.35 Å². The van der Waals surface area contributed by atoms with Crippen LogP contribution in [0.3, 0.4) is 0 Å². The van der Waals surface area contributed by atoms with E-state index in [2.05, 4.69) is 0 Å². The van der Waals surface area contributed by atoms with Crippen molar-refractivity contribution in [1.29, 1.82) is 0 Å². The normalized spacial score (nSPS) is 26.4. The fourth-order valence-corrected chi connectivity index (χ4v) is 1.87. The molecule has 0 aliphatic heterocycles. The van der Waals surface area contributed by atoms with Gasteiger partial charge < -0.3 is 15.9 Å². The molecule has 17 heavy (non-hydrogen) atoms. The summed E-state index contributed by atoms with van der Waals surface area (Å²) in [6.07, 6.45) is 3.15. The Balaban J connectivity index is 2.77. The van der Waals surface area contributed by atoms with E-state index in [4.69, 9.17) is 15.4 Å². The summed E-state index contributed by atoms with van der Waals surface area (Å²) < 4.78 is 30.5. The summed E-state index contributed by atoms with van der Waals surface area (Å²) in [5, 5.41) is 18.1. The van der Waals surface area contributed by atoms with Gasteiger partial charge in [0.2, 0.25) is 4.93 Å². The Morgan fingerprint density at radius 1 is 1.59 bits per heavy atom. The largest absolute Gasteiger partial charge is 0.480 e. The zero-order valence-electron chi connectivity index (χ0n) is 8.78. The second-order valence-electron chi connectivity index (χ2n) is 3.79. The highest BCUT2D eigenvalue weighted by Gasteiger charge is 2.38. The predicted molar refractivity (Wildman–Crippen MR) is 58.6 cm³/mol. The van der Waals surface area contributed by atoms with Crippen LogP contribution >= 0.6 is 0 Å². The molecule has 7 nitrogen and oxygen atoms in total. The van der Waals surface area contributed by atoms with Crippen LogP contribution in [-0.2, 0) is 14.9 Å². The molecule has 2 atom stereocenters. The summed E-state index contributed by atoms with van der Waals surface area (Å²) in [5.41, 5.74) is 5.79. The van der Waals surface area contributed by atoms with E-state index in [9.17, 15) is 18.3 Å². The summed E-state index contributed by atoms with van der Waals surface area (Å²) in [6.45, 7) is 0. The average Bonchev–Trinajstić information content (AvgIpc) is 2.19. The van der Waals surface area contributed by atoms with Crippen molar-refractivity contribution in [3.63, 3.8) is 0 Å². The molecule has 0 aromatic carbocycles. The highest BCUT2D eigenvalue weighted by atomic mass is 32.2. The summed E-state index contributed by atoms with van der Waals surface area (Å²) in [7, 11) is -4.62. The van der Waals surface area contributed by atoms with Crippen molar-refractivity contribution in [2.24, 2.45) is 5.73 Å². The SMILES string of the molecule is N[C@H](CC1=CCC(O)(S(=O)(=O)O)C=C1)C(=O)O. The van der Waals surface area contributed by atoms with Crippen molar-refractivity contribution in [2.45, 2.75) is 23.8 Å². The third kappa shape index (κ3) is 3.13. The maximum atomic E-state index is 10.9. The van der Waals surface area contributed by atoms with Crippen molar-refractivity contribution in [3.8, 4) is 0 Å². The van der Waals surface area contributed by atoms with Gasteiger partial charge in [0.1, 0.15) is 6.04 Å². The average molecular weight is 263 g/mol. The van der Waals surface area contributed by atoms with E-state index in [1.165, 1.54) is 12.2 Å². The molecule has 0 aromatic heterocycles. The lowest BCUT2D eigenvalue weighted by molar-refractivity contribution is -0.138. The van der Waals surface area contributed by atoms with Crippen LogP contribution in [0.2, 0.25) is 0 Å². The fourth-order valence-electron chi connectivity index (χ4n) is 1.33. The number of aliphatic hydroxyl groups is 1. The van der Waals surface area contributed by atoms with E-state index in [1.54, 1.807) is 0 Å². The third-order valence-corrected chi connectivity index (χ3v) is 3.63. The van der Waals surface area contributed by atoms with E-state index >= 15 is 0 Å². The molecule has 0 heterocycles.